The first-order chi connectivity index (χ1) is 15.9. The van der Waals surface area contributed by atoms with E-state index in [1.54, 1.807) is 17.6 Å². The van der Waals surface area contributed by atoms with Crippen LogP contribution < -0.4 is 16.4 Å². The minimum atomic E-state index is -0.122. The number of imidazole rings is 1. The fourth-order valence-electron chi connectivity index (χ4n) is 2.34. The van der Waals surface area contributed by atoms with Crippen LogP contribution >= 0.6 is 0 Å². The van der Waals surface area contributed by atoms with Gasteiger partial charge in [-0.3, -0.25) is 14.0 Å². The topological polar surface area (TPSA) is 125 Å². The highest BCUT2D eigenvalue weighted by Gasteiger charge is 2.10. The summed E-state index contributed by atoms with van der Waals surface area (Å²) in [6.07, 6.45) is 9.06. The van der Waals surface area contributed by atoms with Crippen LogP contribution in [0.5, 0.6) is 0 Å². The zero-order chi connectivity index (χ0) is 26.2. The lowest BCUT2D eigenvalue weighted by molar-refractivity contribution is -0.109. The van der Waals surface area contributed by atoms with Crippen LogP contribution in [0.3, 0.4) is 0 Å². The first-order valence-corrected chi connectivity index (χ1v) is 11.6. The van der Waals surface area contributed by atoms with Gasteiger partial charge in [-0.1, -0.05) is 67.4 Å². The first kappa shape index (κ1) is 34.5. The molecular weight excluding hydrogens is 416 g/mol. The summed E-state index contributed by atoms with van der Waals surface area (Å²) in [6, 6.07) is 3.87. The Morgan fingerprint density at radius 2 is 1.88 bits per heavy atom. The average Bonchev–Trinajstić information content (AvgIpc) is 3.28. The molecule has 0 aromatic carbocycles. The van der Waals surface area contributed by atoms with Crippen LogP contribution in [0.25, 0.3) is 5.65 Å². The number of aromatic nitrogens is 2. The molecule has 2 heterocycles. The molecule has 0 aliphatic carbocycles. The Kier molecular flexibility index (Phi) is 24.5. The van der Waals surface area contributed by atoms with Gasteiger partial charge in [0, 0.05) is 37.8 Å². The van der Waals surface area contributed by atoms with Crippen molar-refractivity contribution in [2.24, 2.45) is 11.7 Å². The van der Waals surface area contributed by atoms with Crippen molar-refractivity contribution in [1.82, 2.24) is 20.0 Å². The molecule has 0 radical (unpaired) electrons. The van der Waals surface area contributed by atoms with Gasteiger partial charge in [0.25, 0.3) is 5.91 Å². The van der Waals surface area contributed by atoms with Crippen molar-refractivity contribution < 1.29 is 9.59 Å². The lowest BCUT2D eigenvalue weighted by atomic mass is 10.1. The molecule has 0 spiro atoms. The average molecular weight is 463 g/mol. The molecule has 0 saturated carbocycles. The summed E-state index contributed by atoms with van der Waals surface area (Å²) < 4.78 is 1.79. The molecule has 0 aliphatic rings. The van der Waals surface area contributed by atoms with Gasteiger partial charge in [0.1, 0.15) is 11.3 Å². The Morgan fingerprint density at radius 1 is 1.27 bits per heavy atom. The SMILES string of the molecule is CC.CC.CCCC(C)C.CNC(=O)c1cnc2c(C)cccn12.N=C/C(=C\N)CNC=O. The van der Waals surface area contributed by atoms with E-state index in [1.807, 2.05) is 52.9 Å². The van der Waals surface area contributed by atoms with Gasteiger partial charge >= 0.3 is 0 Å². The van der Waals surface area contributed by atoms with E-state index >= 15 is 0 Å². The van der Waals surface area contributed by atoms with E-state index in [4.69, 9.17) is 11.1 Å². The van der Waals surface area contributed by atoms with Crippen molar-refractivity contribution in [2.45, 2.75) is 68.2 Å². The Morgan fingerprint density at radius 3 is 2.27 bits per heavy atom. The summed E-state index contributed by atoms with van der Waals surface area (Å²) in [5.41, 5.74) is 8.08. The number of carbonyl (C=O) groups excluding carboxylic acids is 2. The van der Waals surface area contributed by atoms with E-state index in [1.165, 1.54) is 19.0 Å². The summed E-state index contributed by atoms with van der Waals surface area (Å²) in [6.45, 7) is 17.0. The molecule has 2 amide bonds. The lowest BCUT2D eigenvalue weighted by Gasteiger charge is -2.00. The Balaban J connectivity index is -0.000000412. The first-order valence-electron chi connectivity index (χ1n) is 11.6. The summed E-state index contributed by atoms with van der Waals surface area (Å²) in [5, 5.41) is 11.7. The van der Waals surface area contributed by atoms with Gasteiger partial charge in [0.05, 0.1) is 6.20 Å². The Hall–Kier alpha value is -3.16. The van der Waals surface area contributed by atoms with E-state index in [0.717, 1.165) is 23.3 Å². The quantitative estimate of drug-likeness (QED) is 0.351. The maximum atomic E-state index is 11.4. The van der Waals surface area contributed by atoms with Gasteiger partial charge in [0.15, 0.2) is 0 Å². The summed E-state index contributed by atoms with van der Waals surface area (Å²) in [7, 11) is 1.61. The maximum Gasteiger partial charge on any atom is 0.269 e. The van der Waals surface area contributed by atoms with Gasteiger partial charge in [-0.15, -0.1) is 0 Å². The minimum Gasteiger partial charge on any atom is -0.404 e. The molecule has 8 nitrogen and oxygen atoms in total. The number of hydrogen-bond donors (Lipinski definition) is 4. The van der Waals surface area contributed by atoms with Crippen molar-refractivity contribution in [2.75, 3.05) is 13.6 Å². The third-order valence-electron chi connectivity index (χ3n) is 3.85. The highest BCUT2D eigenvalue weighted by atomic mass is 16.1. The molecule has 5 N–H and O–H groups in total. The van der Waals surface area contributed by atoms with Crippen LogP contribution in [0, 0.1) is 18.3 Å². The van der Waals surface area contributed by atoms with E-state index in [2.05, 4.69) is 36.4 Å². The third-order valence-corrected chi connectivity index (χ3v) is 3.85. The number of nitrogens with two attached hydrogens (primary N) is 1. The molecule has 33 heavy (non-hydrogen) atoms. The van der Waals surface area contributed by atoms with Gasteiger partial charge in [-0.2, -0.15) is 0 Å². The van der Waals surface area contributed by atoms with Crippen LogP contribution in [0.1, 0.15) is 77.4 Å². The Labute approximate surface area is 200 Å². The highest BCUT2D eigenvalue weighted by Crippen LogP contribution is 2.10. The molecule has 0 unspecified atom stereocenters. The second-order valence-electron chi connectivity index (χ2n) is 6.67. The molecule has 0 saturated heterocycles. The molecule has 188 valence electrons. The van der Waals surface area contributed by atoms with E-state index in [-0.39, 0.29) is 5.91 Å². The zero-order valence-corrected chi connectivity index (χ0v) is 22.0. The molecule has 0 fully saturated rings. The molecule has 2 rings (SSSR count). The lowest BCUT2D eigenvalue weighted by Crippen LogP contribution is -2.19. The van der Waals surface area contributed by atoms with E-state index in [9.17, 15) is 9.59 Å². The van der Waals surface area contributed by atoms with E-state index < -0.39 is 0 Å². The van der Waals surface area contributed by atoms with Gasteiger partial charge in [-0.25, -0.2) is 4.98 Å². The molecular formula is C25H46N6O2. The maximum absolute atomic E-state index is 11.4. The number of aryl methyl sites for hydroxylation is 1. The number of nitrogens with one attached hydrogen (secondary N) is 3. The fourth-order valence-corrected chi connectivity index (χ4v) is 2.34. The normalized spacial score (nSPS) is 9.45. The van der Waals surface area contributed by atoms with Crippen LogP contribution in [-0.4, -0.2) is 41.5 Å². The van der Waals surface area contributed by atoms with Crippen LogP contribution in [0.2, 0.25) is 0 Å². The fraction of sp³-hybridized carbons (Fsp3) is 0.520. The summed E-state index contributed by atoms with van der Waals surface area (Å²) >= 11 is 0. The smallest absolute Gasteiger partial charge is 0.269 e. The second kappa shape index (κ2) is 23.5. The number of nitrogens with zero attached hydrogens (tertiary/aromatic N) is 2. The molecule has 2 aromatic rings. The monoisotopic (exact) mass is 462 g/mol. The third kappa shape index (κ3) is 15.3. The predicted molar refractivity (Wildman–Crippen MR) is 141 cm³/mol. The van der Waals surface area contributed by atoms with Crippen LogP contribution in [0.15, 0.2) is 36.3 Å². The Bertz CT molecular complexity index is 797. The second-order valence-corrected chi connectivity index (χ2v) is 6.67. The van der Waals surface area contributed by atoms with Gasteiger partial charge in [0.2, 0.25) is 6.41 Å². The zero-order valence-electron chi connectivity index (χ0n) is 22.0. The molecule has 2 aromatic heterocycles. The number of fused-ring (bicyclic) bond motifs is 1. The van der Waals surface area contributed by atoms with Gasteiger partial charge in [-0.05, 0) is 24.5 Å². The largest absolute Gasteiger partial charge is 0.404 e. The number of rotatable bonds is 7. The van der Waals surface area contributed by atoms with E-state index in [0.29, 0.717) is 24.2 Å². The standard InChI is InChI=1S/C10H11N3O.C6H14.C5H9N3O.2C2H6/c1-7-4-3-5-13-8(10(14)11-2)6-12-9(7)13;1-4-5-6(2)3;6-1-5(2-7)3-8-4-9;2*1-2/h3-6H,1-2H3,(H,11,14);6H,4-5H2,1-3H3;1-2,4,6H,3,7H2,(H,8,9);2*1-2H3/b;;5-2+,6-1?;;. The number of carbonyl (C=O) groups is 2. The van der Waals surface area contributed by atoms with Crippen molar-refractivity contribution in [3.63, 3.8) is 0 Å². The van der Waals surface area contributed by atoms with Crippen molar-refractivity contribution in [3.05, 3.63) is 47.6 Å². The number of pyridine rings is 1. The van der Waals surface area contributed by atoms with Crippen molar-refractivity contribution in [1.29, 1.82) is 5.41 Å². The molecule has 8 heteroatoms. The number of amides is 2. The van der Waals surface area contributed by atoms with Crippen LogP contribution in [0.4, 0.5) is 0 Å². The van der Waals surface area contributed by atoms with Gasteiger partial charge < -0.3 is 21.8 Å². The van der Waals surface area contributed by atoms with Crippen molar-refractivity contribution in [3.8, 4) is 0 Å². The minimum absolute atomic E-state index is 0.122. The molecule has 0 aliphatic heterocycles. The summed E-state index contributed by atoms with van der Waals surface area (Å²) in [5.74, 6) is 0.776. The van der Waals surface area contributed by atoms with Crippen molar-refractivity contribution >= 4 is 24.2 Å². The molecule has 0 bridgehead atoms. The highest BCUT2D eigenvalue weighted by molar-refractivity contribution is 5.93. The number of hydrogen-bond acceptors (Lipinski definition) is 5. The van der Waals surface area contributed by atoms with Crippen LogP contribution in [-0.2, 0) is 4.79 Å². The predicted octanol–water partition coefficient (Wildman–Crippen LogP) is 4.72. The summed E-state index contributed by atoms with van der Waals surface area (Å²) in [4.78, 5) is 25.3. The molecule has 0 atom stereocenters.